The summed E-state index contributed by atoms with van der Waals surface area (Å²) in [5.41, 5.74) is 0.697. The predicted octanol–water partition coefficient (Wildman–Crippen LogP) is 3.47. The van der Waals surface area contributed by atoms with E-state index in [9.17, 15) is 8.42 Å². The van der Waals surface area contributed by atoms with Crippen molar-refractivity contribution >= 4 is 48.9 Å². The van der Waals surface area contributed by atoms with Gasteiger partial charge in [-0.3, -0.25) is 4.98 Å². The molecule has 0 N–H and O–H groups in total. The highest BCUT2D eigenvalue weighted by Gasteiger charge is 2.25. The Bertz CT molecular complexity index is 689. The van der Waals surface area contributed by atoms with Crippen molar-refractivity contribution in [2.24, 2.45) is 0 Å². The molecule has 0 aliphatic heterocycles. The van der Waals surface area contributed by atoms with Gasteiger partial charge in [0.2, 0.25) is 10.0 Å². The molecule has 8 heteroatoms. The highest BCUT2D eigenvalue weighted by Crippen LogP contribution is 2.34. The molecule has 0 atom stereocenters. The van der Waals surface area contributed by atoms with E-state index in [-0.39, 0.29) is 11.4 Å². The highest BCUT2D eigenvalue weighted by atomic mass is 79.9. The Kier molecular flexibility index (Phi) is 5.19. The quantitative estimate of drug-likeness (QED) is 0.728. The van der Waals surface area contributed by atoms with Gasteiger partial charge in [-0.2, -0.15) is 4.31 Å². The van der Waals surface area contributed by atoms with Crippen LogP contribution in [0.3, 0.4) is 0 Å². The molecular weight excluding hydrogens is 384 g/mol. The van der Waals surface area contributed by atoms with Crippen LogP contribution in [0, 0.1) is 0 Å². The summed E-state index contributed by atoms with van der Waals surface area (Å²) >= 11 is 10.4. The number of thiophene rings is 1. The van der Waals surface area contributed by atoms with E-state index < -0.39 is 10.0 Å². The maximum Gasteiger partial charge on any atom is 0.245 e. The van der Waals surface area contributed by atoms with Gasteiger partial charge >= 0.3 is 0 Å². The average Bonchev–Trinajstić information content (AvgIpc) is 2.82. The van der Waals surface area contributed by atoms with Crippen LogP contribution >= 0.6 is 38.9 Å². The summed E-state index contributed by atoms with van der Waals surface area (Å²) in [7, 11) is -2.02. The van der Waals surface area contributed by atoms with Gasteiger partial charge in [0.25, 0.3) is 0 Å². The monoisotopic (exact) mass is 394 g/mol. The topological polar surface area (TPSA) is 50.3 Å². The average molecular weight is 396 g/mol. The minimum atomic E-state index is -3.56. The lowest BCUT2D eigenvalue weighted by Gasteiger charge is -2.16. The van der Waals surface area contributed by atoms with Crippen LogP contribution in [0.2, 0.25) is 0 Å². The van der Waals surface area contributed by atoms with Crippen LogP contribution in [0.5, 0.6) is 0 Å². The third-order valence-corrected chi connectivity index (χ3v) is 7.14. The van der Waals surface area contributed by atoms with Crippen molar-refractivity contribution in [3.8, 4) is 0 Å². The largest absolute Gasteiger partial charge is 0.260 e. The number of halogens is 2. The number of hydrogen-bond donors (Lipinski definition) is 0. The molecule has 0 radical (unpaired) electrons. The molecule has 4 nitrogen and oxygen atoms in total. The zero-order valence-corrected chi connectivity index (χ0v) is 14.6. The molecule has 2 heterocycles. The Morgan fingerprint density at radius 1 is 1.45 bits per heavy atom. The molecule has 0 aliphatic rings. The van der Waals surface area contributed by atoms with Gasteiger partial charge < -0.3 is 0 Å². The van der Waals surface area contributed by atoms with Gasteiger partial charge in [-0.25, -0.2) is 8.42 Å². The van der Waals surface area contributed by atoms with Crippen molar-refractivity contribution in [2.75, 3.05) is 7.05 Å². The number of sulfonamides is 1. The summed E-state index contributed by atoms with van der Waals surface area (Å²) in [6.07, 6.45) is 1.64. The van der Waals surface area contributed by atoms with Crippen LogP contribution in [0.15, 0.2) is 39.1 Å². The Morgan fingerprint density at radius 3 is 2.75 bits per heavy atom. The van der Waals surface area contributed by atoms with Crippen LogP contribution in [0.4, 0.5) is 0 Å². The van der Waals surface area contributed by atoms with Crippen molar-refractivity contribution in [2.45, 2.75) is 17.3 Å². The molecule has 2 aromatic heterocycles. The molecule has 0 amide bonds. The zero-order chi connectivity index (χ0) is 14.8. The molecule has 0 spiro atoms. The van der Waals surface area contributed by atoms with E-state index in [1.54, 1.807) is 24.4 Å². The first-order valence-electron chi connectivity index (χ1n) is 5.65. The van der Waals surface area contributed by atoms with Crippen LogP contribution in [0.1, 0.15) is 10.6 Å². The van der Waals surface area contributed by atoms with Crippen molar-refractivity contribution in [3.63, 3.8) is 0 Å². The van der Waals surface area contributed by atoms with Crippen molar-refractivity contribution < 1.29 is 8.42 Å². The minimum absolute atomic E-state index is 0.224. The van der Waals surface area contributed by atoms with Gasteiger partial charge in [0.15, 0.2) is 0 Å². The van der Waals surface area contributed by atoms with E-state index >= 15 is 0 Å². The number of aromatic nitrogens is 1. The van der Waals surface area contributed by atoms with Crippen LogP contribution in [-0.4, -0.2) is 24.8 Å². The molecule has 0 fully saturated rings. The molecule has 0 saturated carbocycles. The van der Waals surface area contributed by atoms with E-state index in [0.717, 1.165) is 4.88 Å². The van der Waals surface area contributed by atoms with Crippen molar-refractivity contribution in [3.05, 3.63) is 44.8 Å². The number of hydrogen-bond acceptors (Lipinski definition) is 4. The van der Waals surface area contributed by atoms with Crippen LogP contribution in [0.25, 0.3) is 0 Å². The molecule has 0 bridgehead atoms. The smallest absolute Gasteiger partial charge is 0.245 e. The van der Waals surface area contributed by atoms with Gasteiger partial charge in [-0.05, 0) is 34.1 Å². The number of alkyl halides is 1. The first kappa shape index (κ1) is 15.9. The molecule has 0 aliphatic carbocycles. The summed E-state index contributed by atoms with van der Waals surface area (Å²) in [6.45, 7) is 0.224. The Hall–Kier alpha value is -0.470. The van der Waals surface area contributed by atoms with Crippen molar-refractivity contribution in [1.82, 2.24) is 9.29 Å². The minimum Gasteiger partial charge on any atom is -0.260 e. The van der Waals surface area contributed by atoms with E-state index in [2.05, 4.69) is 20.9 Å². The third kappa shape index (κ3) is 3.40. The summed E-state index contributed by atoms with van der Waals surface area (Å²) in [5.74, 6) is 0.294. The Labute approximate surface area is 135 Å². The predicted molar refractivity (Wildman–Crippen MR) is 84.5 cm³/mol. The lowest BCUT2D eigenvalue weighted by atomic mass is 10.3. The normalized spacial score (nSPS) is 12.0. The number of nitrogens with zero attached hydrogens (tertiary/aromatic N) is 2. The molecule has 2 rings (SSSR count). The van der Waals surface area contributed by atoms with Gasteiger partial charge in [0.1, 0.15) is 4.90 Å². The second kappa shape index (κ2) is 6.53. The van der Waals surface area contributed by atoms with Gasteiger partial charge in [-0.15, -0.1) is 22.9 Å². The first-order chi connectivity index (χ1) is 9.45. The maximum absolute atomic E-state index is 12.5. The molecular formula is C12H12BrClN2O2S2. The molecule has 0 aromatic carbocycles. The SMILES string of the molecule is CN(Cc1ccccn1)S(=O)(=O)c1cc(CCl)sc1Br. The summed E-state index contributed by atoms with van der Waals surface area (Å²) in [5, 5.41) is 0. The lowest BCUT2D eigenvalue weighted by Crippen LogP contribution is -2.26. The zero-order valence-electron chi connectivity index (χ0n) is 10.6. The highest BCUT2D eigenvalue weighted by molar-refractivity contribution is 9.11. The van der Waals surface area contributed by atoms with Crippen LogP contribution in [-0.2, 0) is 22.4 Å². The summed E-state index contributed by atoms with van der Waals surface area (Å²) < 4.78 is 26.9. The number of rotatable bonds is 5. The second-order valence-corrected chi connectivity index (χ2v) is 8.80. The molecule has 0 unspecified atom stereocenters. The molecule has 20 heavy (non-hydrogen) atoms. The summed E-state index contributed by atoms with van der Waals surface area (Å²) in [4.78, 5) is 5.19. The van der Waals surface area contributed by atoms with Gasteiger partial charge in [-0.1, -0.05) is 6.07 Å². The molecule has 108 valence electrons. The second-order valence-electron chi connectivity index (χ2n) is 4.07. The summed E-state index contributed by atoms with van der Waals surface area (Å²) in [6, 6.07) is 7.01. The maximum atomic E-state index is 12.5. The standard InChI is InChI=1S/C12H12BrClN2O2S2/c1-16(8-9-4-2-3-5-15-9)20(17,18)11-6-10(7-14)19-12(11)13/h2-6H,7-8H2,1H3. The van der Waals surface area contributed by atoms with E-state index in [0.29, 0.717) is 15.4 Å². The van der Waals surface area contributed by atoms with Crippen molar-refractivity contribution in [1.29, 1.82) is 0 Å². The lowest BCUT2D eigenvalue weighted by molar-refractivity contribution is 0.462. The fourth-order valence-corrected chi connectivity index (χ4v) is 5.47. The van der Waals surface area contributed by atoms with E-state index in [1.807, 2.05) is 6.07 Å². The van der Waals surface area contributed by atoms with E-state index in [4.69, 9.17) is 11.6 Å². The Morgan fingerprint density at radius 2 is 2.20 bits per heavy atom. The third-order valence-electron chi connectivity index (χ3n) is 2.64. The molecule has 2 aromatic rings. The van der Waals surface area contributed by atoms with Gasteiger partial charge in [0, 0.05) is 18.1 Å². The first-order valence-corrected chi connectivity index (χ1v) is 9.24. The van der Waals surface area contributed by atoms with Gasteiger partial charge in [0.05, 0.1) is 21.9 Å². The Balaban J connectivity index is 2.27. The fourth-order valence-electron chi connectivity index (χ4n) is 1.61. The molecule has 0 saturated heterocycles. The van der Waals surface area contributed by atoms with E-state index in [1.165, 1.54) is 22.7 Å². The fraction of sp³-hybridized carbons (Fsp3) is 0.250. The number of pyridine rings is 1. The van der Waals surface area contributed by atoms with Crippen LogP contribution < -0.4 is 0 Å².